The van der Waals surface area contributed by atoms with E-state index >= 15 is 0 Å². The normalized spacial score (nSPS) is 30.4. The first-order valence-electron chi connectivity index (χ1n) is 7.49. The van der Waals surface area contributed by atoms with Gasteiger partial charge in [-0.1, -0.05) is 19.9 Å². The zero-order valence-corrected chi connectivity index (χ0v) is 12.0. The summed E-state index contributed by atoms with van der Waals surface area (Å²) in [6, 6.07) is 6.79. The zero-order valence-electron chi connectivity index (χ0n) is 12.0. The van der Waals surface area contributed by atoms with Gasteiger partial charge in [-0.3, -0.25) is 9.88 Å². The molecule has 0 radical (unpaired) electrons. The molecule has 2 heterocycles. The molecule has 1 saturated heterocycles. The Morgan fingerprint density at radius 2 is 2.26 bits per heavy atom. The van der Waals surface area contributed by atoms with Gasteiger partial charge in [-0.25, -0.2) is 0 Å². The zero-order chi connectivity index (χ0) is 13.2. The Balaban J connectivity index is 1.61. The molecule has 1 saturated carbocycles. The van der Waals surface area contributed by atoms with Gasteiger partial charge in [0, 0.05) is 31.9 Å². The number of pyridine rings is 1. The van der Waals surface area contributed by atoms with Gasteiger partial charge in [-0.15, -0.1) is 0 Å². The molecule has 1 aromatic rings. The summed E-state index contributed by atoms with van der Waals surface area (Å²) in [6.45, 7) is 7.51. The molecule has 3 heteroatoms. The lowest BCUT2D eigenvalue weighted by molar-refractivity contribution is 0.0122. The van der Waals surface area contributed by atoms with Crippen LogP contribution in [0.5, 0.6) is 0 Å². The molecule has 0 unspecified atom stereocenters. The summed E-state index contributed by atoms with van der Waals surface area (Å²) in [7, 11) is 0. The first-order valence-corrected chi connectivity index (χ1v) is 7.49. The number of nitrogens with zero attached hydrogens (tertiary/aromatic N) is 2. The Morgan fingerprint density at radius 3 is 3.00 bits per heavy atom. The highest BCUT2D eigenvalue weighted by Gasteiger charge is 2.47. The van der Waals surface area contributed by atoms with Crippen LogP contribution in [0.15, 0.2) is 24.4 Å². The summed E-state index contributed by atoms with van der Waals surface area (Å²) >= 11 is 0. The van der Waals surface area contributed by atoms with Crippen molar-refractivity contribution >= 4 is 0 Å². The van der Waals surface area contributed by atoms with Crippen LogP contribution >= 0.6 is 0 Å². The Kier molecular flexibility index (Phi) is 3.85. The second-order valence-corrected chi connectivity index (χ2v) is 6.35. The molecule has 2 fully saturated rings. The summed E-state index contributed by atoms with van der Waals surface area (Å²) in [6.07, 6.45) is 4.98. The van der Waals surface area contributed by atoms with Crippen molar-refractivity contribution in [3.8, 4) is 0 Å². The first kappa shape index (κ1) is 13.1. The minimum absolute atomic E-state index is 0.464. The van der Waals surface area contributed by atoms with Crippen LogP contribution in [0.2, 0.25) is 0 Å². The molecule has 1 aliphatic carbocycles. The number of hydrogen-bond donors (Lipinski definition) is 0. The summed E-state index contributed by atoms with van der Waals surface area (Å²) in [5, 5.41) is 0. The van der Waals surface area contributed by atoms with Gasteiger partial charge in [0.1, 0.15) is 0 Å². The van der Waals surface area contributed by atoms with E-state index in [1.54, 1.807) is 0 Å². The van der Waals surface area contributed by atoms with Crippen LogP contribution in [0.4, 0.5) is 0 Å². The fourth-order valence-corrected chi connectivity index (χ4v) is 3.48. The first-order chi connectivity index (χ1) is 9.24. The molecule has 2 bridgehead atoms. The lowest BCUT2D eigenvalue weighted by Crippen LogP contribution is -2.35. The van der Waals surface area contributed by atoms with Crippen LogP contribution in [0.1, 0.15) is 32.4 Å². The quantitative estimate of drug-likeness (QED) is 0.814. The molecule has 19 heavy (non-hydrogen) atoms. The lowest BCUT2D eigenvalue weighted by atomic mass is 10.1. The van der Waals surface area contributed by atoms with Crippen LogP contribution in [-0.2, 0) is 11.3 Å². The van der Waals surface area contributed by atoms with Crippen molar-refractivity contribution < 1.29 is 4.74 Å². The van der Waals surface area contributed by atoms with Crippen molar-refractivity contribution in [3.05, 3.63) is 30.1 Å². The molecule has 104 valence electrons. The van der Waals surface area contributed by atoms with Crippen LogP contribution in [0.25, 0.3) is 0 Å². The van der Waals surface area contributed by atoms with E-state index in [1.165, 1.54) is 25.1 Å². The van der Waals surface area contributed by atoms with E-state index in [0.717, 1.165) is 19.1 Å². The van der Waals surface area contributed by atoms with Gasteiger partial charge in [-0.05, 0) is 36.8 Å². The number of hydrogen-bond acceptors (Lipinski definition) is 3. The van der Waals surface area contributed by atoms with E-state index < -0.39 is 0 Å². The molecule has 3 atom stereocenters. The van der Waals surface area contributed by atoms with E-state index in [4.69, 9.17) is 4.74 Å². The van der Waals surface area contributed by atoms with Crippen molar-refractivity contribution in [2.24, 2.45) is 11.8 Å². The Hall–Kier alpha value is -0.930. The molecule has 3 nitrogen and oxygen atoms in total. The smallest absolute Gasteiger partial charge is 0.0770 e. The number of likely N-dealkylation sites (tertiary alicyclic amines) is 1. The molecule has 2 aliphatic rings. The van der Waals surface area contributed by atoms with Crippen LogP contribution in [0.3, 0.4) is 0 Å². The van der Waals surface area contributed by atoms with E-state index in [1.807, 2.05) is 12.3 Å². The van der Waals surface area contributed by atoms with Crippen molar-refractivity contribution in [1.29, 1.82) is 0 Å². The average Bonchev–Trinajstić information content (AvgIpc) is 2.94. The molecular formula is C16H24N2O. The number of rotatable bonds is 5. The minimum atomic E-state index is 0.464. The third kappa shape index (κ3) is 2.82. The number of ether oxygens (including phenoxy) is 1. The maximum Gasteiger partial charge on any atom is 0.0770 e. The lowest BCUT2D eigenvalue weighted by Gasteiger charge is -2.26. The molecule has 0 spiro atoms. The summed E-state index contributed by atoms with van der Waals surface area (Å²) in [5.74, 6) is 1.37. The maximum atomic E-state index is 6.16. The highest BCUT2D eigenvalue weighted by molar-refractivity contribution is 5.07. The number of piperidine rings is 1. The van der Waals surface area contributed by atoms with Crippen molar-refractivity contribution in [2.45, 2.75) is 45.4 Å². The molecule has 1 aliphatic heterocycles. The average molecular weight is 260 g/mol. The number of fused-ring (bicyclic) bond motifs is 2. The van der Waals surface area contributed by atoms with Gasteiger partial charge in [-0.2, -0.15) is 0 Å². The monoisotopic (exact) mass is 260 g/mol. The fraction of sp³-hybridized carbons (Fsp3) is 0.688. The van der Waals surface area contributed by atoms with Gasteiger partial charge in [0.05, 0.1) is 11.8 Å². The van der Waals surface area contributed by atoms with Crippen molar-refractivity contribution in [2.75, 3.05) is 13.2 Å². The second kappa shape index (κ2) is 5.59. The highest BCUT2D eigenvalue weighted by Crippen LogP contribution is 2.40. The third-order valence-corrected chi connectivity index (χ3v) is 4.33. The summed E-state index contributed by atoms with van der Waals surface area (Å²) < 4.78 is 6.16. The Bertz CT molecular complexity index is 406. The van der Waals surface area contributed by atoms with Gasteiger partial charge < -0.3 is 4.74 Å². The SMILES string of the molecule is CC(C)CO[C@@H]1[C@H]2CC[C@H]1N(Cc1ccccn1)C2. The van der Waals surface area contributed by atoms with Crippen molar-refractivity contribution in [1.82, 2.24) is 9.88 Å². The molecule has 3 rings (SSSR count). The highest BCUT2D eigenvalue weighted by atomic mass is 16.5. The van der Waals surface area contributed by atoms with Gasteiger partial charge in [0.15, 0.2) is 0 Å². The Morgan fingerprint density at radius 1 is 1.37 bits per heavy atom. The number of aromatic nitrogens is 1. The summed E-state index contributed by atoms with van der Waals surface area (Å²) in [4.78, 5) is 7.01. The van der Waals surface area contributed by atoms with E-state index in [9.17, 15) is 0 Å². The van der Waals surface area contributed by atoms with Gasteiger partial charge in [0.25, 0.3) is 0 Å². The topological polar surface area (TPSA) is 25.4 Å². The Labute approximate surface area is 116 Å². The standard InChI is InChI=1S/C16H24N2O/c1-12(2)11-19-16-13-6-7-15(16)18(9-13)10-14-5-3-4-8-17-14/h3-5,8,12-13,15-16H,6-7,9-11H2,1-2H3/t13-,15+,16+/m0/s1. The van der Waals surface area contributed by atoms with E-state index in [-0.39, 0.29) is 0 Å². The minimum Gasteiger partial charge on any atom is -0.376 e. The third-order valence-electron chi connectivity index (χ3n) is 4.33. The van der Waals surface area contributed by atoms with E-state index in [0.29, 0.717) is 18.1 Å². The molecule has 1 aromatic heterocycles. The predicted octanol–water partition coefficient (Wildman–Crippen LogP) is 2.72. The largest absolute Gasteiger partial charge is 0.376 e. The van der Waals surface area contributed by atoms with Crippen LogP contribution in [0, 0.1) is 11.8 Å². The van der Waals surface area contributed by atoms with E-state index in [2.05, 4.69) is 35.9 Å². The molecule has 0 aromatic carbocycles. The van der Waals surface area contributed by atoms with Crippen LogP contribution in [-0.4, -0.2) is 35.2 Å². The van der Waals surface area contributed by atoms with Crippen molar-refractivity contribution in [3.63, 3.8) is 0 Å². The van der Waals surface area contributed by atoms with Gasteiger partial charge in [0.2, 0.25) is 0 Å². The molecular weight excluding hydrogens is 236 g/mol. The predicted molar refractivity (Wildman–Crippen MR) is 75.7 cm³/mol. The summed E-state index contributed by atoms with van der Waals surface area (Å²) in [5.41, 5.74) is 1.18. The second-order valence-electron chi connectivity index (χ2n) is 6.35. The molecule has 0 N–H and O–H groups in total. The molecule has 0 amide bonds. The van der Waals surface area contributed by atoms with Gasteiger partial charge >= 0.3 is 0 Å². The fourth-order valence-electron chi connectivity index (χ4n) is 3.48. The maximum absolute atomic E-state index is 6.16. The van der Waals surface area contributed by atoms with Crippen LogP contribution < -0.4 is 0 Å².